The summed E-state index contributed by atoms with van der Waals surface area (Å²) in [7, 11) is 0. The van der Waals surface area contributed by atoms with Crippen LogP contribution >= 0.6 is 0 Å². The molecule has 0 N–H and O–H groups in total. The minimum atomic E-state index is -0.477. The number of rotatable bonds is 3. The second kappa shape index (κ2) is 11.0. The monoisotopic (exact) mass is 689 g/mol. The Morgan fingerprint density at radius 2 is 0.815 bits per heavy atom. The maximum Gasteiger partial charge on any atom is 0.194 e. The normalized spacial score (nSPS) is 13.6. The Labute approximate surface area is 312 Å². The molecule has 0 saturated carbocycles. The number of fused-ring (bicyclic) bond motifs is 15. The predicted octanol–water partition coefficient (Wildman–Crippen LogP) is 13.7. The fraction of sp³-hybridized carbons (Fsp3) is 0.0196. The van der Waals surface area contributed by atoms with E-state index in [9.17, 15) is 0 Å². The largest absolute Gasteiger partial charge is 0.449 e. The Hall–Kier alpha value is -7.10. The Morgan fingerprint density at radius 3 is 1.46 bits per heavy atom. The molecule has 54 heavy (non-hydrogen) atoms. The van der Waals surface area contributed by atoms with Crippen LogP contribution in [0.2, 0.25) is 0 Å². The summed E-state index contributed by atoms with van der Waals surface area (Å²) in [5.74, 6) is 2.83. The van der Waals surface area contributed by atoms with Crippen molar-refractivity contribution in [3.8, 4) is 45.3 Å². The van der Waals surface area contributed by atoms with Crippen molar-refractivity contribution < 1.29 is 9.47 Å². The van der Waals surface area contributed by atoms with Gasteiger partial charge in [-0.2, -0.15) is 0 Å². The molecule has 0 saturated heterocycles. The average Bonchev–Trinajstić information content (AvgIpc) is 3.71. The fourth-order valence-corrected chi connectivity index (χ4v) is 9.59. The van der Waals surface area contributed by atoms with Crippen LogP contribution in [0, 0.1) is 0 Å². The number of hydrogen-bond donors (Lipinski definition) is 0. The van der Waals surface area contributed by atoms with Crippen molar-refractivity contribution in [3.05, 3.63) is 210 Å². The SMILES string of the molecule is c1ccc2c(c1)-c1ccccc1C21c2ccccc2-c2c1ccc1c2Oc2c(cccc2N(c2cccc3ccccc23)c2cccc3ccccc23)O1. The Kier molecular flexibility index (Phi) is 5.98. The Bertz CT molecular complexity index is 2900. The van der Waals surface area contributed by atoms with Crippen LogP contribution in [0.1, 0.15) is 22.3 Å². The van der Waals surface area contributed by atoms with Gasteiger partial charge < -0.3 is 14.4 Å². The van der Waals surface area contributed by atoms with Gasteiger partial charge in [0.25, 0.3) is 0 Å². The summed E-state index contributed by atoms with van der Waals surface area (Å²) in [5, 5.41) is 4.64. The van der Waals surface area contributed by atoms with Crippen molar-refractivity contribution in [2.45, 2.75) is 5.41 Å². The van der Waals surface area contributed by atoms with Crippen LogP contribution in [0.25, 0.3) is 43.8 Å². The van der Waals surface area contributed by atoms with E-state index >= 15 is 0 Å². The predicted molar refractivity (Wildman–Crippen MR) is 219 cm³/mol. The van der Waals surface area contributed by atoms with Gasteiger partial charge in [0.05, 0.1) is 22.5 Å². The fourth-order valence-electron chi connectivity index (χ4n) is 9.59. The molecular weight excluding hydrogens is 659 g/mol. The Balaban J connectivity index is 1.12. The molecule has 9 aromatic carbocycles. The minimum Gasteiger partial charge on any atom is -0.449 e. The maximum absolute atomic E-state index is 7.37. The molecule has 252 valence electrons. The smallest absolute Gasteiger partial charge is 0.194 e. The summed E-state index contributed by atoms with van der Waals surface area (Å²) in [6.45, 7) is 0. The summed E-state index contributed by atoms with van der Waals surface area (Å²) in [6.07, 6.45) is 0. The van der Waals surface area contributed by atoms with Crippen LogP contribution in [0.15, 0.2) is 188 Å². The van der Waals surface area contributed by atoms with Crippen LogP contribution in [0.3, 0.4) is 0 Å². The lowest BCUT2D eigenvalue weighted by Gasteiger charge is -2.33. The number of nitrogens with zero attached hydrogens (tertiary/aromatic N) is 1. The third-order valence-electron chi connectivity index (χ3n) is 11.7. The lowest BCUT2D eigenvalue weighted by Crippen LogP contribution is -2.25. The van der Waals surface area contributed by atoms with Crippen LogP contribution in [-0.2, 0) is 5.41 Å². The van der Waals surface area contributed by atoms with Crippen molar-refractivity contribution >= 4 is 38.6 Å². The van der Waals surface area contributed by atoms with Gasteiger partial charge in [0.15, 0.2) is 23.0 Å². The first-order chi connectivity index (χ1) is 26.8. The van der Waals surface area contributed by atoms with Gasteiger partial charge in [0.2, 0.25) is 0 Å². The Morgan fingerprint density at radius 1 is 0.333 bits per heavy atom. The molecule has 0 radical (unpaired) electrons. The molecule has 1 aliphatic heterocycles. The molecule has 0 aromatic heterocycles. The molecular formula is C51H31NO2. The summed E-state index contributed by atoms with van der Waals surface area (Å²) in [5.41, 5.74) is 12.4. The standard InChI is InChI=1S/C51H31NO2/c1-3-18-34-32(14-1)16-11-26-43(34)52(44-27-12-17-33-15-2-4-19-35(33)44)45-28-13-29-46-49(45)54-50-47(53-46)31-30-42-48(50)38-22-7-10-25-41(38)51(42)39-23-8-5-20-36(39)37-21-6-9-24-40(37)51/h1-31H. The lowest BCUT2D eigenvalue weighted by atomic mass is 9.70. The van der Waals surface area contributed by atoms with Crippen LogP contribution in [0.5, 0.6) is 23.0 Å². The maximum atomic E-state index is 7.37. The van der Waals surface area contributed by atoms with Gasteiger partial charge in [0, 0.05) is 16.3 Å². The van der Waals surface area contributed by atoms with E-state index in [1.165, 1.54) is 49.7 Å². The van der Waals surface area contributed by atoms with Gasteiger partial charge >= 0.3 is 0 Å². The van der Waals surface area contributed by atoms with Gasteiger partial charge in [0.1, 0.15) is 0 Å². The molecule has 12 rings (SSSR count). The highest BCUT2D eigenvalue weighted by Gasteiger charge is 2.53. The first-order valence-corrected chi connectivity index (χ1v) is 18.5. The molecule has 0 fully saturated rings. The van der Waals surface area contributed by atoms with Crippen molar-refractivity contribution in [2.75, 3.05) is 4.90 Å². The first kappa shape index (κ1) is 29.5. The zero-order valence-electron chi connectivity index (χ0n) is 29.2. The van der Waals surface area contributed by atoms with E-state index in [2.05, 4.69) is 187 Å². The number of ether oxygens (including phenoxy) is 2. The molecule has 1 spiro atoms. The summed E-state index contributed by atoms with van der Waals surface area (Å²) in [6, 6.07) is 67.4. The van der Waals surface area contributed by atoms with Crippen LogP contribution in [-0.4, -0.2) is 0 Å². The van der Waals surface area contributed by atoms with E-state index in [4.69, 9.17) is 9.47 Å². The van der Waals surface area contributed by atoms with Gasteiger partial charge in [-0.15, -0.1) is 0 Å². The van der Waals surface area contributed by atoms with Gasteiger partial charge in [-0.05, 0) is 80.0 Å². The lowest BCUT2D eigenvalue weighted by molar-refractivity contribution is 0.361. The van der Waals surface area contributed by atoms with Gasteiger partial charge in [-0.1, -0.05) is 158 Å². The van der Waals surface area contributed by atoms with Crippen molar-refractivity contribution in [3.63, 3.8) is 0 Å². The highest BCUT2D eigenvalue weighted by Crippen LogP contribution is 2.67. The quantitative estimate of drug-likeness (QED) is 0.184. The van der Waals surface area contributed by atoms with E-state index in [1.54, 1.807) is 0 Å². The summed E-state index contributed by atoms with van der Waals surface area (Å²) >= 11 is 0. The molecule has 9 aromatic rings. The topological polar surface area (TPSA) is 21.7 Å². The first-order valence-electron chi connectivity index (χ1n) is 18.5. The molecule has 0 amide bonds. The van der Waals surface area contributed by atoms with E-state index in [-0.39, 0.29) is 0 Å². The molecule has 2 aliphatic carbocycles. The van der Waals surface area contributed by atoms with E-state index < -0.39 is 5.41 Å². The second-order valence-corrected chi connectivity index (χ2v) is 14.3. The van der Waals surface area contributed by atoms with Crippen molar-refractivity contribution in [2.24, 2.45) is 0 Å². The molecule has 1 heterocycles. The molecule has 0 atom stereocenters. The number of hydrogen-bond acceptors (Lipinski definition) is 3. The van der Waals surface area contributed by atoms with Crippen molar-refractivity contribution in [1.29, 1.82) is 0 Å². The number of benzene rings is 9. The average molecular weight is 690 g/mol. The second-order valence-electron chi connectivity index (χ2n) is 14.3. The summed E-state index contributed by atoms with van der Waals surface area (Å²) in [4.78, 5) is 2.35. The van der Waals surface area contributed by atoms with Crippen molar-refractivity contribution in [1.82, 2.24) is 0 Å². The molecule has 3 heteroatoms. The van der Waals surface area contributed by atoms with Gasteiger partial charge in [-0.25, -0.2) is 0 Å². The van der Waals surface area contributed by atoms with Crippen LogP contribution < -0.4 is 14.4 Å². The summed E-state index contributed by atoms with van der Waals surface area (Å²) < 4.78 is 14.3. The van der Waals surface area contributed by atoms with Crippen LogP contribution in [0.4, 0.5) is 17.1 Å². The zero-order chi connectivity index (χ0) is 35.4. The minimum absolute atomic E-state index is 0.477. The third-order valence-corrected chi connectivity index (χ3v) is 11.7. The number of para-hydroxylation sites is 1. The van der Waals surface area contributed by atoms with E-state index in [0.29, 0.717) is 17.2 Å². The van der Waals surface area contributed by atoms with E-state index in [0.717, 1.165) is 39.1 Å². The molecule has 3 nitrogen and oxygen atoms in total. The van der Waals surface area contributed by atoms with Gasteiger partial charge in [-0.3, -0.25) is 0 Å². The highest BCUT2D eigenvalue weighted by molar-refractivity contribution is 6.06. The molecule has 3 aliphatic rings. The molecule has 0 unspecified atom stereocenters. The highest BCUT2D eigenvalue weighted by atomic mass is 16.6. The molecule has 0 bridgehead atoms. The zero-order valence-corrected chi connectivity index (χ0v) is 29.2. The third kappa shape index (κ3) is 3.80. The van der Waals surface area contributed by atoms with E-state index in [1.807, 2.05) is 6.07 Å². The number of anilines is 3.